The van der Waals surface area contributed by atoms with Crippen LogP contribution in [-0.2, 0) is 0 Å². The molecule has 0 saturated carbocycles. The lowest BCUT2D eigenvalue weighted by Gasteiger charge is -2.37. The number of likely N-dealkylation sites (tertiary alicyclic amines) is 1. The van der Waals surface area contributed by atoms with Crippen LogP contribution in [0.25, 0.3) is 11.1 Å². The molecule has 3 nitrogen and oxygen atoms in total. The van der Waals surface area contributed by atoms with Gasteiger partial charge in [-0.2, -0.15) is 0 Å². The van der Waals surface area contributed by atoms with Crippen LogP contribution < -0.4 is 0 Å². The Hall–Kier alpha value is -1.20. The Balaban J connectivity index is 1.81. The molecule has 2 aromatic carbocycles. The Morgan fingerprint density at radius 3 is 2.27 bits per heavy atom. The normalized spacial score (nSPS) is 19.9. The maximum Gasteiger partial charge on any atom is 0.134 e. The van der Waals surface area contributed by atoms with Gasteiger partial charge in [0.1, 0.15) is 12.3 Å². The number of hydrogen-bond acceptors (Lipinski definition) is 3. The van der Waals surface area contributed by atoms with Crippen molar-refractivity contribution in [1.29, 1.82) is 0 Å². The molecule has 3 unspecified atom stereocenters. The Labute approximate surface area is 164 Å². The maximum atomic E-state index is 10.9. The Bertz CT molecular complexity index is 710. The minimum absolute atomic E-state index is 0.163. The largest absolute Gasteiger partial charge is 0.388 e. The summed E-state index contributed by atoms with van der Waals surface area (Å²) in [5.74, 6) is 0.537. The van der Waals surface area contributed by atoms with Gasteiger partial charge in [-0.3, -0.25) is 4.90 Å². The summed E-state index contributed by atoms with van der Waals surface area (Å²) in [7, 11) is 0. The summed E-state index contributed by atoms with van der Waals surface area (Å²) in [4.78, 5) is 2.02. The van der Waals surface area contributed by atoms with Crippen LogP contribution in [0.4, 0.5) is 0 Å². The minimum Gasteiger partial charge on any atom is -0.388 e. The van der Waals surface area contributed by atoms with E-state index in [0.717, 1.165) is 47.1 Å². The molecule has 1 saturated heterocycles. The van der Waals surface area contributed by atoms with Crippen LogP contribution in [0.3, 0.4) is 0 Å². The molecule has 0 amide bonds. The molecule has 1 fully saturated rings. The molecule has 4 heteroatoms. The summed E-state index contributed by atoms with van der Waals surface area (Å²) in [5.41, 5.74) is 3.28. The van der Waals surface area contributed by atoms with Crippen molar-refractivity contribution in [2.75, 3.05) is 13.1 Å². The van der Waals surface area contributed by atoms with Crippen LogP contribution in [0.2, 0.25) is 0 Å². The van der Waals surface area contributed by atoms with E-state index in [4.69, 9.17) is 0 Å². The summed E-state index contributed by atoms with van der Waals surface area (Å²) in [5, 5.41) is 21.6. The molecule has 140 valence electrons. The van der Waals surface area contributed by atoms with Crippen molar-refractivity contribution >= 4 is 15.9 Å². The van der Waals surface area contributed by atoms with E-state index in [9.17, 15) is 10.2 Å². The highest BCUT2D eigenvalue weighted by atomic mass is 79.9. The number of aliphatic hydroxyl groups is 2. The fraction of sp³-hybridized carbons (Fsp3) is 0.455. The molecule has 1 aliphatic heterocycles. The average molecular weight is 418 g/mol. The smallest absolute Gasteiger partial charge is 0.134 e. The van der Waals surface area contributed by atoms with Gasteiger partial charge in [0, 0.05) is 23.5 Å². The Morgan fingerprint density at radius 1 is 1.00 bits per heavy atom. The maximum absolute atomic E-state index is 10.9. The lowest BCUT2D eigenvalue weighted by Crippen LogP contribution is -2.48. The molecule has 0 spiro atoms. The van der Waals surface area contributed by atoms with Crippen molar-refractivity contribution in [2.24, 2.45) is 5.92 Å². The van der Waals surface area contributed by atoms with E-state index in [-0.39, 0.29) is 5.92 Å². The van der Waals surface area contributed by atoms with E-state index >= 15 is 0 Å². The standard InChI is InChI=1S/C22H28BrNO2/c1-15-11-13-24(14-12-15)22(26)21(25)16(2)19-5-3-4-6-20(19)17-7-9-18(23)10-8-17/h3-10,15-16,21-22,25-26H,11-14H2,1-2H3. The van der Waals surface area contributed by atoms with Crippen molar-refractivity contribution in [3.63, 3.8) is 0 Å². The third kappa shape index (κ3) is 4.37. The fourth-order valence-electron chi connectivity index (χ4n) is 3.74. The summed E-state index contributed by atoms with van der Waals surface area (Å²) >= 11 is 3.48. The molecular weight excluding hydrogens is 390 g/mol. The van der Waals surface area contributed by atoms with E-state index < -0.39 is 12.3 Å². The minimum atomic E-state index is -0.824. The lowest BCUT2D eigenvalue weighted by atomic mass is 9.87. The van der Waals surface area contributed by atoms with E-state index in [1.807, 2.05) is 36.1 Å². The van der Waals surface area contributed by atoms with Crippen LogP contribution in [0.1, 0.15) is 38.2 Å². The second-order valence-corrected chi connectivity index (χ2v) is 8.42. The zero-order chi connectivity index (χ0) is 18.7. The Kier molecular flexibility index (Phi) is 6.51. The monoisotopic (exact) mass is 417 g/mol. The number of nitrogens with zero attached hydrogens (tertiary/aromatic N) is 1. The van der Waals surface area contributed by atoms with Crippen molar-refractivity contribution in [3.8, 4) is 11.1 Å². The van der Waals surface area contributed by atoms with E-state index in [1.54, 1.807) is 0 Å². The first kappa shape index (κ1) is 19.6. The molecule has 26 heavy (non-hydrogen) atoms. The van der Waals surface area contributed by atoms with E-state index in [0.29, 0.717) is 5.92 Å². The number of aliphatic hydroxyl groups excluding tert-OH is 2. The molecule has 3 rings (SSSR count). The molecule has 0 aliphatic carbocycles. The van der Waals surface area contributed by atoms with Crippen LogP contribution in [0.15, 0.2) is 53.0 Å². The second kappa shape index (κ2) is 8.66. The van der Waals surface area contributed by atoms with Crippen molar-refractivity contribution in [3.05, 3.63) is 58.6 Å². The zero-order valence-electron chi connectivity index (χ0n) is 15.5. The Morgan fingerprint density at radius 2 is 1.62 bits per heavy atom. The number of halogens is 1. The summed E-state index contributed by atoms with van der Waals surface area (Å²) in [6.07, 6.45) is 0.511. The number of piperidine rings is 1. The number of rotatable bonds is 5. The molecule has 1 aliphatic rings. The van der Waals surface area contributed by atoms with Gasteiger partial charge >= 0.3 is 0 Å². The SMILES string of the molecule is CC1CCN(C(O)C(O)C(C)c2ccccc2-c2ccc(Br)cc2)CC1. The quantitative estimate of drug-likeness (QED) is 0.744. The van der Waals surface area contributed by atoms with Crippen molar-refractivity contribution in [1.82, 2.24) is 4.90 Å². The highest BCUT2D eigenvalue weighted by molar-refractivity contribution is 9.10. The van der Waals surface area contributed by atoms with Crippen LogP contribution in [-0.4, -0.2) is 40.5 Å². The van der Waals surface area contributed by atoms with Gasteiger partial charge in [0.15, 0.2) is 0 Å². The van der Waals surface area contributed by atoms with Crippen LogP contribution in [0.5, 0.6) is 0 Å². The first-order valence-corrected chi connectivity index (χ1v) is 10.2. The summed E-state index contributed by atoms with van der Waals surface area (Å²) in [6.45, 7) is 5.94. The van der Waals surface area contributed by atoms with Crippen molar-refractivity contribution < 1.29 is 10.2 Å². The predicted molar refractivity (Wildman–Crippen MR) is 110 cm³/mol. The number of benzene rings is 2. The number of hydrogen-bond donors (Lipinski definition) is 2. The van der Waals surface area contributed by atoms with Crippen molar-refractivity contribution in [2.45, 2.75) is 44.9 Å². The van der Waals surface area contributed by atoms with Gasteiger partial charge in [-0.1, -0.05) is 66.2 Å². The van der Waals surface area contributed by atoms with Crippen LogP contribution >= 0.6 is 15.9 Å². The van der Waals surface area contributed by atoms with Gasteiger partial charge in [-0.05, 0) is 47.6 Å². The molecule has 2 N–H and O–H groups in total. The van der Waals surface area contributed by atoms with E-state index in [1.165, 1.54) is 0 Å². The average Bonchev–Trinajstić information content (AvgIpc) is 2.67. The molecule has 2 aromatic rings. The predicted octanol–water partition coefficient (Wildman–Crippen LogP) is 4.63. The molecule has 0 aromatic heterocycles. The van der Waals surface area contributed by atoms with Gasteiger partial charge in [0.2, 0.25) is 0 Å². The first-order valence-electron chi connectivity index (χ1n) is 9.42. The molecule has 1 heterocycles. The molecule has 0 radical (unpaired) electrons. The van der Waals surface area contributed by atoms with E-state index in [2.05, 4.69) is 47.1 Å². The lowest BCUT2D eigenvalue weighted by molar-refractivity contribution is -0.1000. The first-order chi connectivity index (χ1) is 12.5. The van der Waals surface area contributed by atoms with Crippen LogP contribution in [0, 0.1) is 5.92 Å². The molecule has 3 atom stereocenters. The fourth-order valence-corrected chi connectivity index (χ4v) is 4.00. The highest BCUT2D eigenvalue weighted by Gasteiger charge is 2.31. The zero-order valence-corrected chi connectivity index (χ0v) is 17.1. The molecular formula is C22H28BrNO2. The highest BCUT2D eigenvalue weighted by Crippen LogP contribution is 2.33. The third-order valence-electron chi connectivity index (χ3n) is 5.62. The van der Waals surface area contributed by atoms with Gasteiger partial charge in [0.25, 0.3) is 0 Å². The summed E-state index contributed by atoms with van der Waals surface area (Å²) < 4.78 is 1.04. The molecule has 0 bridgehead atoms. The summed E-state index contributed by atoms with van der Waals surface area (Å²) in [6, 6.07) is 16.3. The van der Waals surface area contributed by atoms with Gasteiger partial charge in [-0.25, -0.2) is 0 Å². The van der Waals surface area contributed by atoms with Gasteiger partial charge in [0.05, 0.1) is 0 Å². The topological polar surface area (TPSA) is 43.7 Å². The van der Waals surface area contributed by atoms with Gasteiger partial charge in [-0.15, -0.1) is 0 Å². The third-order valence-corrected chi connectivity index (χ3v) is 6.15. The van der Waals surface area contributed by atoms with Gasteiger partial charge < -0.3 is 10.2 Å². The second-order valence-electron chi connectivity index (χ2n) is 7.51.